The fourth-order valence-corrected chi connectivity index (χ4v) is 4.37. The summed E-state index contributed by atoms with van der Waals surface area (Å²) in [6, 6.07) is 12.9. The maximum Gasteiger partial charge on any atom is 0.249 e. The van der Waals surface area contributed by atoms with Crippen molar-refractivity contribution in [1.82, 2.24) is 24.5 Å². The van der Waals surface area contributed by atoms with Gasteiger partial charge >= 0.3 is 0 Å². The van der Waals surface area contributed by atoms with Crippen LogP contribution >= 0.6 is 0 Å². The summed E-state index contributed by atoms with van der Waals surface area (Å²) in [4.78, 5) is 31.2. The first kappa shape index (κ1) is 19.7. The quantitative estimate of drug-likeness (QED) is 0.502. The molecule has 33 heavy (non-hydrogen) atoms. The number of benzene rings is 1. The number of ether oxygens (including phenoxy) is 1. The first-order chi connectivity index (χ1) is 16.2. The van der Waals surface area contributed by atoms with E-state index in [1.807, 2.05) is 42.7 Å². The van der Waals surface area contributed by atoms with E-state index in [2.05, 4.69) is 24.8 Å². The first-order valence-electron chi connectivity index (χ1n) is 11.1. The van der Waals surface area contributed by atoms with Crippen molar-refractivity contribution in [3.63, 3.8) is 0 Å². The number of aromatic amines is 1. The van der Waals surface area contributed by atoms with Gasteiger partial charge in [-0.15, -0.1) is 0 Å². The molecule has 166 valence electrons. The number of anilines is 3. The highest BCUT2D eigenvalue weighted by molar-refractivity contribution is 5.72. The second-order valence-electron chi connectivity index (χ2n) is 8.12. The summed E-state index contributed by atoms with van der Waals surface area (Å²) in [6.45, 7) is 3.91. The summed E-state index contributed by atoms with van der Waals surface area (Å²) < 4.78 is 7.71. The molecule has 1 aromatic carbocycles. The van der Waals surface area contributed by atoms with E-state index in [-0.39, 0.29) is 5.56 Å². The van der Waals surface area contributed by atoms with E-state index in [0.717, 1.165) is 60.2 Å². The van der Waals surface area contributed by atoms with E-state index < -0.39 is 0 Å². The Hall–Kier alpha value is -3.98. The Morgan fingerprint density at radius 1 is 1.00 bits per heavy atom. The summed E-state index contributed by atoms with van der Waals surface area (Å²) in [5.41, 5.74) is 3.70. The predicted molar refractivity (Wildman–Crippen MR) is 126 cm³/mol. The van der Waals surface area contributed by atoms with Crippen molar-refractivity contribution in [1.29, 1.82) is 0 Å². The molecule has 2 aliphatic heterocycles. The normalized spacial score (nSPS) is 15.1. The van der Waals surface area contributed by atoms with Crippen LogP contribution in [0.1, 0.15) is 5.56 Å². The van der Waals surface area contributed by atoms with Crippen LogP contribution in [0.15, 0.2) is 59.7 Å². The number of hydrogen-bond acceptors (Lipinski definition) is 7. The van der Waals surface area contributed by atoms with E-state index in [9.17, 15) is 4.79 Å². The molecule has 1 fully saturated rings. The van der Waals surface area contributed by atoms with Crippen LogP contribution < -0.4 is 15.8 Å². The molecule has 0 spiro atoms. The summed E-state index contributed by atoms with van der Waals surface area (Å²) in [6.07, 6.45) is 4.71. The van der Waals surface area contributed by atoms with Crippen LogP contribution in [0.5, 0.6) is 0 Å². The topological polar surface area (TPSA) is 101 Å². The van der Waals surface area contributed by atoms with Gasteiger partial charge in [0.2, 0.25) is 5.56 Å². The maximum absolute atomic E-state index is 11.5. The predicted octanol–water partition coefficient (Wildman–Crippen LogP) is 2.83. The number of nitrogens with zero attached hydrogens (tertiary/aromatic N) is 5. The van der Waals surface area contributed by atoms with Crippen LogP contribution in [0.2, 0.25) is 0 Å². The Morgan fingerprint density at radius 2 is 1.85 bits per heavy atom. The summed E-state index contributed by atoms with van der Waals surface area (Å²) in [5.74, 6) is 3.19. The summed E-state index contributed by atoms with van der Waals surface area (Å²) in [7, 11) is 0. The third-order valence-electron chi connectivity index (χ3n) is 6.02. The first-order valence-corrected chi connectivity index (χ1v) is 11.1. The third kappa shape index (κ3) is 3.76. The number of morpholine rings is 1. The molecule has 9 heteroatoms. The number of aromatic nitrogens is 5. The fourth-order valence-electron chi connectivity index (χ4n) is 4.37. The molecule has 0 unspecified atom stereocenters. The minimum absolute atomic E-state index is 0.145. The molecule has 1 saturated heterocycles. The average Bonchev–Trinajstić information content (AvgIpc) is 3.34. The zero-order valence-electron chi connectivity index (χ0n) is 18.0. The van der Waals surface area contributed by atoms with Crippen molar-refractivity contribution in [3.05, 3.63) is 70.8 Å². The second-order valence-corrected chi connectivity index (χ2v) is 8.12. The Morgan fingerprint density at radius 3 is 2.67 bits per heavy atom. The molecule has 0 atom stereocenters. The van der Waals surface area contributed by atoms with Crippen LogP contribution in [-0.4, -0.2) is 50.8 Å². The van der Waals surface area contributed by atoms with Gasteiger partial charge in [0.15, 0.2) is 11.6 Å². The minimum atomic E-state index is -0.145. The smallest absolute Gasteiger partial charge is 0.249 e. The van der Waals surface area contributed by atoms with Crippen LogP contribution in [0, 0.1) is 0 Å². The zero-order valence-corrected chi connectivity index (χ0v) is 18.0. The van der Waals surface area contributed by atoms with Crippen molar-refractivity contribution >= 4 is 17.3 Å². The molecule has 0 aliphatic carbocycles. The van der Waals surface area contributed by atoms with Crippen LogP contribution in [0.3, 0.4) is 0 Å². The van der Waals surface area contributed by atoms with Crippen molar-refractivity contribution < 1.29 is 4.74 Å². The number of rotatable bonds is 4. The Bertz CT molecular complexity index is 1350. The monoisotopic (exact) mass is 441 g/mol. The highest BCUT2D eigenvalue weighted by atomic mass is 16.5. The molecule has 4 aromatic rings. The van der Waals surface area contributed by atoms with E-state index in [1.165, 1.54) is 6.07 Å². The van der Waals surface area contributed by atoms with E-state index >= 15 is 0 Å². The lowest BCUT2D eigenvalue weighted by Gasteiger charge is -2.31. The molecule has 6 rings (SSSR count). The number of hydrogen-bond donors (Lipinski definition) is 2. The number of pyridine rings is 1. The molecule has 0 amide bonds. The molecule has 5 heterocycles. The number of H-pyrrole nitrogens is 1. The molecular formula is C24H23N7O2. The van der Waals surface area contributed by atoms with Gasteiger partial charge in [-0.2, -0.15) is 0 Å². The number of nitrogens with one attached hydrogen (secondary N) is 2. The summed E-state index contributed by atoms with van der Waals surface area (Å²) in [5, 5.41) is 3.21. The van der Waals surface area contributed by atoms with Gasteiger partial charge in [-0.1, -0.05) is 6.07 Å². The largest absolute Gasteiger partial charge is 0.378 e. The average molecular weight is 441 g/mol. The number of fused-ring (bicyclic) bond motifs is 3. The molecule has 9 nitrogen and oxygen atoms in total. The standard InChI is InChI=1S/C24H23N7O2/c32-20-3-1-2-19(27-20)26-17-6-4-16(5-7-17)22-28-21-18(8-10-30-11-9-25-24(21)30)23(29-22)31-12-14-33-15-13-31/h1-7,9,11H,8,10,12-15H2,(H2,26,27,32). The van der Waals surface area contributed by atoms with Gasteiger partial charge in [0, 0.05) is 54.9 Å². The van der Waals surface area contributed by atoms with Crippen molar-refractivity contribution in [2.75, 3.05) is 36.5 Å². The SMILES string of the molecule is O=c1cccc(Nc2ccc(-c3nc4c(c(N5CCOCC5)n3)CCn3ccnc3-4)cc2)[nH]1. The van der Waals surface area contributed by atoms with Crippen molar-refractivity contribution in [3.8, 4) is 22.9 Å². The van der Waals surface area contributed by atoms with Gasteiger partial charge < -0.3 is 24.5 Å². The van der Waals surface area contributed by atoms with Crippen LogP contribution in [0.25, 0.3) is 22.9 Å². The Kier molecular flexibility index (Phi) is 4.88. The highest BCUT2D eigenvalue weighted by Crippen LogP contribution is 2.35. The van der Waals surface area contributed by atoms with Gasteiger partial charge in [0.1, 0.15) is 17.3 Å². The zero-order chi connectivity index (χ0) is 22.2. The molecule has 0 saturated carbocycles. The van der Waals surface area contributed by atoms with Crippen LogP contribution in [0.4, 0.5) is 17.3 Å². The Balaban J connectivity index is 1.38. The number of imidazole rings is 1. The lowest BCUT2D eigenvalue weighted by atomic mass is 10.0. The van der Waals surface area contributed by atoms with E-state index in [1.54, 1.807) is 6.07 Å². The second kappa shape index (κ2) is 8.18. The third-order valence-corrected chi connectivity index (χ3v) is 6.02. The number of aryl methyl sites for hydroxylation is 1. The highest BCUT2D eigenvalue weighted by Gasteiger charge is 2.27. The maximum atomic E-state index is 11.5. The minimum Gasteiger partial charge on any atom is -0.378 e. The molecule has 3 aromatic heterocycles. The van der Waals surface area contributed by atoms with Gasteiger partial charge in [-0.05, 0) is 36.8 Å². The van der Waals surface area contributed by atoms with Crippen LogP contribution in [-0.2, 0) is 17.7 Å². The molecule has 2 N–H and O–H groups in total. The summed E-state index contributed by atoms with van der Waals surface area (Å²) >= 11 is 0. The fraction of sp³-hybridized carbons (Fsp3) is 0.250. The van der Waals surface area contributed by atoms with Gasteiger partial charge in [-0.25, -0.2) is 15.0 Å². The van der Waals surface area contributed by atoms with Gasteiger partial charge in [-0.3, -0.25) is 4.79 Å². The van der Waals surface area contributed by atoms with E-state index in [4.69, 9.17) is 14.7 Å². The van der Waals surface area contributed by atoms with Gasteiger partial charge in [0.05, 0.1) is 13.2 Å². The molecular weight excluding hydrogens is 418 g/mol. The van der Waals surface area contributed by atoms with Gasteiger partial charge in [0.25, 0.3) is 0 Å². The molecule has 0 radical (unpaired) electrons. The van der Waals surface area contributed by atoms with E-state index in [0.29, 0.717) is 24.9 Å². The van der Waals surface area contributed by atoms with Crippen molar-refractivity contribution in [2.45, 2.75) is 13.0 Å². The lowest BCUT2D eigenvalue weighted by molar-refractivity contribution is 0.122. The molecule has 0 bridgehead atoms. The van der Waals surface area contributed by atoms with Crippen molar-refractivity contribution in [2.24, 2.45) is 0 Å². The lowest BCUT2D eigenvalue weighted by Crippen LogP contribution is -2.38. The molecule has 2 aliphatic rings. The Labute approximate surface area is 190 Å².